The normalized spacial score (nSPS) is 10.8. The highest BCUT2D eigenvalue weighted by Gasteiger charge is 2.15. The molecule has 0 unspecified atom stereocenters. The van der Waals surface area contributed by atoms with Crippen molar-refractivity contribution in [1.82, 2.24) is 10.2 Å². The van der Waals surface area contributed by atoms with Gasteiger partial charge in [0.15, 0.2) is 0 Å². The molecule has 0 aliphatic rings. The van der Waals surface area contributed by atoms with Crippen LogP contribution in [0.4, 0.5) is 11.5 Å². The fourth-order valence-corrected chi connectivity index (χ4v) is 4.17. The molecule has 0 bridgehead atoms. The smallest absolute Gasteiger partial charge is 0.229 e. The van der Waals surface area contributed by atoms with Gasteiger partial charge in [0, 0.05) is 16.6 Å². The summed E-state index contributed by atoms with van der Waals surface area (Å²) in [6.45, 7) is 2.01. The van der Waals surface area contributed by atoms with Crippen LogP contribution in [-0.4, -0.2) is 29.1 Å². The first kappa shape index (κ1) is 20.6. The number of nitrogens with one attached hydrogen (secondary N) is 3. The van der Waals surface area contributed by atoms with Crippen molar-refractivity contribution in [3.8, 4) is 5.75 Å². The van der Waals surface area contributed by atoms with E-state index in [9.17, 15) is 9.59 Å². The zero-order chi connectivity index (χ0) is 21.8. The second-order valence-corrected chi connectivity index (χ2v) is 8.31. The topological polar surface area (TPSA) is 96.1 Å². The van der Waals surface area contributed by atoms with E-state index in [0.29, 0.717) is 17.3 Å². The molecule has 0 spiro atoms. The van der Waals surface area contributed by atoms with Crippen LogP contribution < -0.4 is 15.4 Å². The lowest BCUT2D eigenvalue weighted by Gasteiger charge is -2.06. The van der Waals surface area contributed by atoms with Crippen LogP contribution in [0, 0.1) is 6.92 Å². The molecule has 4 rings (SSSR count). The van der Waals surface area contributed by atoms with Crippen molar-refractivity contribution >= 4 is 44.9 Å². The van der Waals surface area contributed by atoms with Crippen molar-refractivity contribution in [1.29, 1.82) is 0 Å². The Kier molecular flexibility index (Phi) is 5.99. The molecule has 4 aromatic rings. The maximum Gasteiger partial charge on any atom is 0.229 e. The van der Waals surface area contributed by atoms with Crippen molar-refractivity contribution in [2.75, 3.05) is 17.7 Å². The van der Waals surface area contributed by atoms with Crippen LogP contribution in [0.15, 0.2) is 54.6 Å². The number of ether oxygens (including phenoxy) is 1. The van der Waals surface area contributed by atoms with Gasteiger partial charge in [-0.2, -0.15) is 5.10 Å². The lowest BCUT2D eigenvalue weighted by atomic mass is 10.1. The summed E-state index contributed by atoms with van der Waals surface area (Å²) >= 11 is 1.42. The molecule has 0 fully saturated rings. The first-order valence-corrected chi connectivity index (χ1v) is 10.6. The number of rotatable bonds is 7. The number of fused-ring (bicyclic) bond motifs is 1. The summed E-state index contributed by atoms with van der Waals surface area (Å²) in [5.41, 5.74) is 2.77. The highest BCUT2D eigenvalue weighted by Crippen LogP contribution is 2.30. The molecule has 0 atom stereocenters. The second-order valence-electron chi connectivity index (χ2n) is 7.20. The maximum absolute atomic E-state index is 12.4. The van der Waals surface area contributed by atoms with Crippen LogP contribution in [0.2, 0.25) is 0 Å². The van der Waals surface area contributed by atoms with E-state index in [1.54, 1.807) is 13.2 Å². The molecule has 2 aromatic carbocycles. The Morgan fingerprint density at radius 1 is 1.03 bits per heavy atom. The number of thiophene rings is 1. The molecule has 2 heterocycles. The van der Waals surface area contributed by atoms with Crippen LogP contribution in [0.5, 0.6) is 5.75 Å². The summed E-state index contributed by atoms with van der Waals surface area (Å²) in [4.78, 5) is 26.5. The predicted octanol–water partition coefficient (Wildman–Crippen LogP) is 4.30. The van der Waals surface area contributed by atoms with Gasteiger partial charge in [0.1, 0.15) is 16.4 Å². The fourth-order valence-electron chi connectivity index (χ4n) is 3.18. The largest absolute Gasteiger partial charge is 0.497 e. The third-order valence-corrected chi connectivity index (χ3v) is 5.77. The van der Waals surface area contributed by atoms with Gasteiger partial charge >= 0.3 is 0 Å². The average molecular weight is 435 g/mol. The molecule has 0 saturated heterocycles. The Morgan fingerprint density at radius 2 is 1.81 bits per heavy atom. The minimum Gasteiger partial charge on any atom is -0.497 e. The third-order valence-electron chi connectivity index (χ3n) is 4.74. The fraction of sp³-hybridized carbons (Fsp3) is 0.174. The molecule has 0 saturated carbocycles. The molecule has 7 nitrogen and oxygen atoms in total. The predicted molar refractivity (Wildman–Crippen MR) is 123 cm³/mol. The van der Waals surface area contributed by atoms with Crippen molar-refractivity contribution in [2.24, 2.45) is 0 Å². The van der Waals surface area contributed by atoms with E-state index in [1.165, 1.54) is 11.3 Å². The van der Waals surface area contributed by atoms with Gasteiger partial charge in [-0.25, -0.2) is 0 Å². The molecule has 0 aliphatic carbocycles. The molecule has 2 amide bonds. The summed E-state index contributed by atoms with van der Waals surface area (Å²) in [6.07, 6.45) is 0.496. The number of benzene rings is 2. The van der Waals surface area contributed by atoms with Gasteiger partial charge in [0.25, 0.3) is 0 Å². The van der Waals surface area contributed by atoms with Crippen LogP contribution in [0.1, 0.15) is 16.0 Å². The zero-order valence-corrected chi connectivity index (χ0v) is 18.0. The molecule has 3 N–H and O–H groups in total. The van der Waals surface area contributed by atoms with E-state index in [4.69, 9.17) is 4.74 Å². The molecular formula is C23H22N4O3S. The number of anilines is 2. The molecule has 0 aliphatic heterocycles. The van der Waals surface area contributed by atoms with Crippen molar-refractivity contribution < 1.29 is 14.3 Å². The quantitative estimate of drug-likeness (QED) is 0.404. The molecule has 158 valence electrons. The van der Waals surface area contributed by atoms with Crippen LogP contribution in [-0.2, 0) is 22.4 Å². The first-order chi connectivity index (χ1) is 15.0. The Bertz CT molecular complexity index is 1230. The van der Waals surface area contributed by atoms with Crippen molar-refractivity contribution in [3.63, 3.8) is 0 Å². The Labute approximate surface area is 183 Å². The number of H-pyrrole nitrogens is 1. The summed E-state index contributed by atoms with van der Waals surface area (Å²) in [7, 11) is 1.58. The number of methoxy groups -OCH3 is 1. The van der Waals surface area contributed by atoms with Gasteiger partial charge in [0.2, 0.25) is 11.8 Å². The maximum atomic E-state index is 12.4. The Hall–Kier alpha value is -3.65. The van der Waals surface area contributed by atoms with E-state index in [2.05, 4.69) is 20.8 Å². The lowest BCUT2D eigenvalue weighted by Crippen LogP contribution is -2.15. The van der Waals surface area contributed by atoms with Gasteiger partial charge in [-0.3, -0.25) is 14.7 Å². The number of hydrogen-bond donors (Lipinski definition) is 3. The first-order valence-electron chi connectivity index (χ1n) is 9.76. The molecular weight excluding hydrogens is 412 g/mol. The zero-order valence-electron chi connectivity index (χ0n) is 17.2. The lowest BCUT2D eigenvalue weighted by molar-refractivity contribution is -0.116. The highest BCUT2D eigenvalue weighted by molar-refractivity contribution is 7.18. The number of amides is 2. The monoisotopic (exact) mass is 434 g/mol. The van der Waals surface area contributed by atoms with Crippen LogP contribution in [0.3, 0.4) is 0 Å². The van der Waals surface area contributed by atoms with Gasteiger partial charge in [0.05, 0.1) is 25.3 Å². The summed E-state index contributed by atoms with van der Waals surface area (Å²) in [5, 5.41) is 13.7. The van der Waals surface area contributed by atoms with Gasteiger partial charge in [-0.15, -0.1) is 11.3 Å². The average Bonchev–Trinajstić information content (AvgIpc) is 3.31. The Balaban J connectivity index is 1.40. The number of carbonyl (C=O) groups excluding carboxylic acids is 2. The van der Waals surface area contributed by atoms with Crippen molar-refractivity contribution in [2.45, 2.75) is 19.8 Å². The molecule has 2 aromatic heterocycles. The van der Waals surface area contributed by atoms with Gasteiger partial charge < -0.3 is 15.4 Å². The van der Waals surface area contributed by atoms with E-state index in [1.807, 2.05) is 55.5 Å². The summed E-state index contributed by atoms with van der Waals surface area (Å²) in [5.74, 6) is 0.963. The van der Waals surface area contributed by atoms with Crippen LogP contribution in [0.25, 0.3) is 10.2 Å². The van der Waals surface area contributed by atoms with Crippen LogP contribution >= 0.6 is 11.3 Å². The standard InChI is InChI=1S/C23H22N4O3S/c1-14-6-8-15(9-7-14)10-20(28)25-22-19-12-18(31-23(19)27-26-22)13-21(29)24-16-4-3-5-17(11-16)30-2/h3-9,11-12H,10,13H2,1-2H3,(H,24,29)(H2,25,26,27,28). The minimum absolute atomic E-state index is 0.127. The number of carbonyl (C=O) groups is 2. The number of aromatic amines is 1. The number of aromatic nitrogens is 2. The molecule has 31 heavy (non-hydrogen) atoms. The number of nitrogens with zero attached hydrogens (tertiary/aromatic N) is 1. The number of aryl methyl sites for hydroxylation is 1. The van der Waals surface area contributed by atoms with E-state index in [0.717, 1.165) is 26.2 Å². The third kappa shape index (κ3) is 5.10. The van der Waals surface area contributed by atoms with Gasteiger partial charge in [-0.1, -0.05) is 35.9 Å². The second kappa shape index (κ2) is 9.01. The summed E-state index contributed by atoms with van der Waals surface area (Å²) < 4.78 is 5.18. The molecule has 8 heteroatoms. The van der Waals surface area contributed by atoms with E-state index < -0.39 is 0 Å². The Morgan fingerprint density at radius 3 is 2.58 bits per heavy atom. The van der Waals surface area contributed by atoms with E-state index >= 15 is 0 Å². The molecule has 0 radical (unpaired) electrons. The van der Waals surface area contributed by atoms with E-state index in [-0.39, 0.29) is 24.7 Å². The highest BCUT2D eigenvalue weighted by atomic mass is 32.1. The van der Waals surface area contributed by atoms with Gasteiger partial charge in [-0.05, 0) is 30.7 Å². The summed E-state index contributed by atoms with van der Waals surface area (Å²) in [6, 6.07) is 17.0. The minimum atomic E-state index is -0.133. The van der Waals surface area contributed by atoms with Crippen molar-refractivity contribution in [3.05, 3.63) is 70.6 Å². The SMILES string of the molecule is COc1cccc(NC(=O)Cc2cc3c(NC(=O)Cc4ccc(C)cc4)[nH]nc3s2)c1. The number of hydrogen-bond acceptors (Lipinski definition) is 5.